The van der Waals surface area contributed by atoms with Gasteiger partial charge in [0, 0.05) is 13.2 Å². The minimum atomic E-state index is -0.518. The molecule has 1 unspecified atom stereocenters. The number of rotatable bonds is 6. The van der Waals surface area contributed by atoms with Gasteiger partial charge in [0.1, 0.15) is 17.5 Å². The van der Waals surface area contributed by atoms with Crippen molar-refractivity contribution in [2.45, 2.75) is 6.04 Å². The fraction of sp³-hybridized carbons (Fsp3) is 0.429. The Morgan fingerprint density at radius 3 is 2.38 bits per heavy atom. The van der Waals surface area contributed by atoms with E-state index in [2.05, 4.69) is 15.6 Å². The molecular weight excluding hydrogens is 274 g/mol. The summed E-state index contributed by atoms with van der Waals surface area (Å²) in [5.74, 6) is 1.54. The summed E-state index contributed by atoms with van der Waals surface area (Å²) in [6.07, 6.45) is 0. The SMILES string of the molecule is COCCN=C1NC(=O)C(c2cc(OC)cc(OC)c2)N1. The largest absolute Gasteiger partial charge is 0.497 e. The molecule has 1 aliphatic rings. The molecule has 0 aliphatic carbocycles. The number of carbonyl (C=O) groups is 1. The van der Waals surface area contributed by atoms with Crippen LogP contribution in [0.15, 0.2) is 23.2 Å². The molecule has 1 atom stereocenters. The van der Waals surface area contributed by atoms with Gasteiger partial charge in [-0.1, -0.05) is 0 Å². The number of aliphatic imine (C=N–C) groups is 1. The molecule has 1 aromatic rings. The zero-order chi connectivity index (χ0) is 15.2. The lowest BCUT2D eigenvalue weighted by atomic mass is 10.1. The highest BCUT2D eigenvalue weighted by Crippen LogP contribution is 2.27. The molecule has 1 amide bonds. The molecule has 1 heterocycles. The lowest BCUT2D eigenvalue weighted by molar-refractivity contribution is -0.120. The van der Waals surface area contributed by atoms with Crippen molar-refractivity contribution in [2.24, 2.45) is 4.99 Å². The van der Waals surface area contributed by atoms with Crippen molar-refractivity contribution < 1.29 is 19.0 Å². The number of hydrogen-bond acceptors (Lipinski definition) is 5. The van der Waals surface area contributed by atoms with Gasteiger partial charge in [0.25, 0.3) is 5.91 Å². The van der Waals surface area contributed by atoms with Crippen LogP contribution in [0.2, 0.25) is 0 Å². The molecule has 1 aliphatic heterocycles. The normalized spacial score (nSPS) is 19.3. The van der Waals surface area contributed by atoms with Crippen LogP contribution >= 0.6 is 0 Å². The minimum Gasteiger partial charge on any atom is -0.497 e. The first-order valence-electron chi connectivity index (χ1n) is 6.51. The maximum atomic E-state index is 12.0. The molecule has 0 spiro atoms. The molecule has 7 nitrogen and oxygen atoms in total. The van der Waals surface area contributed by atoms with E-state index in [0.29, 0.717) is 30.6 Å². The molecule has 2 rings (SSSR count). The first kappa shape index (κ1) is 15.1. The zero-order valence-electron chi connectivity index (χ0n) is 12.3. The Bertz CT molecular complexity index is 523. The summed E-state index contributed by atoms with van der Waals surface area (Å²) in [7, 11) is 4.74. The lowest BCUT2D eigenvalue weighted by Crippen LogP contribution is -2.26. The van der Waals surface area contributed by atoms with Gasteiger partial charge in [-0.3, -0.25) is 15.1 Å². The molecule has 7 heteroatoms. The molecule has 21 heavy (non-hydrogen) atoms. The summed E-state index contributed by atoms with van der Waals surface area (Å²) in [6, 6.07) is 4.81. The number of methoxy groups -OCH3 is 3. The monoisotopic (exact) mass is 293 g/mol. The number of ether oxygens (including phenoxy) is 3. The molecule has 0 aromatic heterocycles. The van der Waals surface area contributed by atoms with E-state index in [1.807, 2.05) is 0 Å². The number of amides is 1. The number of nitrogens with one attached hydrogen (secondary N) is 2. The zero-order valence-corrected chi connectivity index (χ0v) is 12.3. The lowest BCUT2D eigenvalue weighted by Gasteiger charge is -2.12. The van der Waals surface area contributed by atoms with E-state index in [4.69, 9.17) is 14.2 Å². The van der Waals surface area contributed by atoms with E-state index in [1.54, 1.807) is 39.5 Å². The second-order valence-corrected chi connectivity index (χ2v) is 4.44. The van der Waals surface area contributed by atoms with Crippen LogP contribution in [-0.4, -0.2) is 46.3 Å². The third kappa shape index (κ3) is 3.63. The predicted molar refractivity (Wildman–Crippen MR) is 77.7 cm³/mol. The number of hydrogen-bond donors (Lipinski definition) is 2. The van der Waals surface area contributed by atoms with Gasteiger partial charge in [-0.2, -0.15) is 0 Å². The van der Waals surface area contributed by atoms with Gasteiger partial charge in [0.15, 0.2) is 5.96 Å². The van der Waals surface area contributed by atoms with E-state index in [-0.39, 0.29) is 5.91 Å². The quantitative estimate of drug-likeness (QED) is 0.745. The van der Waals surface area contributed by atoms with Crippen LogP contribution in [0.1, 0.15) is 11.6 Å². The summed E-state index contributed by atoms with van der Waals surface area (Å²) in [5, 5.41) is 5.74. The number of carbonyl (C=O) groups excluding carboxylic acids is 1. The van der Waals surface area contributed by atoms with E-state index >= 15 is 0 Å². The summed E-state index contributed by atoms with van der Waals surface area (Å²) in [6.45, 7) is 0.978. The van der Waals surface area contributed by atoms with Crippen molar-refractivity contribution in [3.05, 3.63) is 23.8 Å². The van der Waals surface area contributed by atoms with Crippen molar-refractivity contribution in [1.82, 2.24) is 10.6 Å². The Morgan fingerprint density at radius 1 is 1.14 bits per heavy atom. The number of nitrogens with zero attached hydrogens (tertiary/aromatic N) is 1. The standard InChI is InChI=1S/C14H19N3O4/c1-19-5-4-15-14-16-12(13(18)17-14)9-6-10(20-2)8-11(7-9)21-3/h6-8,12H,4-5H2,1-3H3,(H2,15,16,17,18). The molecule has 0 bridgehead atoms. The molecule has 114 valence electrons. The van der Waals surface area contributed by atoms with Crippen LogP contribution in [0.5, 0.6) is 11.5 Å². The van der Waals surface area contributed by atoms with E-state index < -0.39 is 6.04 Å². The summed E-state index contributed by atoms with van der Waals surface area (Å²) in [4.78, 5) is 16.3. The maximum absolute atomic E-state index is 12.0. The first-order valence-corrected chi connectivity index (χ1v) is 6.51. The summed E-state index contributed by atoms with van der Waals surface area (Å²) in [5.41, 5.74) is 0.751. The summed E-state index contributed by atoms with van der Waals surface area (Å²) < 4.78 is 15.3. The molecule has 1 aromatic carbocycles. The Labute approximate surface area is 123 Å². The Kier molecular flexibility index (Phi) is 4.99. The van der Waals surface area contributed by atoms with Crippen molar-refractivity contribution in [3.63, 3.8) is 0 Å². The maximum Gasteiger partial charge on any atom is 0.253 e. The van der Waals surface area contributed by atoms with Gasteiger partial charge in [-0.15, -0.1) is 0 Å². The van der Waals surface area contributed by atoms with Gasteiger partial charge >= 0.3 is 0 Å². The average Bonchev–Trinajstić information content (AvgIpc) is 2.88. The molecule has 2 N–H and O–H groups in total. The number of guanidine groups is 1. The minimum absolute atomic E-state index is 0.165. The topological polar surface area (TPSA) is 81.2 Å². The van der Waals surface area contributed by atoms with E-state index in [0.717, 1.165) is 5.56 Å². The van der Waals surface area contributed by atoms with Crippen molar-refractivity contribution in [1.29, 1.82) is 0 Å². The van der Waals surface area contributed by atoms with E-state index in [1.165, 1.54) is 0 Å². The molecule has 0 saturated carbocycles. The van der Waals surface area contributed by atoms with Crippen molar-refractivity contribution in [3.8, 4) is 11.5 Å². The van der Waals surface area contributed by atoms with Crippen LogP contribution in [-0.2, 0) is 9.53 Å². The first-order chi connectivity index (χ1) is 10.2. The van der Waals surface area contributed by atoms with E-state index in [9.17, 15) is 4.79 Å². The molecular formula is C14H19N3O4. The number of benzene rings is 1. The second kappa shape index (κ2) is 6.94. The van der Waals surface area contributed by atoms with Crippen molar-refractivity contribution >= 4 is 11.9 Å². The van der Waals surface area contributed by atoms with Crippen LogP contribution in [0.25, 0.3) is 0 Å². The van der Waals surface area contributed by atoms with Crippen LogP contribution in [0.4, 0.5) is 0 Å². The van der Waals surface area contributed by atoms with Crippen LogP contribution in [0.3, 0.4) is 0 Å². The van der Waals surface area contributed by atoms with Gasteiger partial charge in [0.05, 0.1) is 27.4 Å². The van der Waals surface area contributed by atoms with Crippen molar-refractivity contribution in [2.75, 3.05) is 34.5 Å². The third-order valence-electron chi connectivity index (χ3n) is 3.06. The molecule has 1 saturated heterocycles. The van der Waals surface area contributed by atoms with Gasteiger partial charge in [0.2, 0.25) is 0 Å². The third-order valence-corrected chi connectivity index (χ3v) is 3.06. The Balaban J connectivity index is 2.18. The second-order valence-electron chi connectivity index (χ2n) is 4.44. The summed E-state index contributed by atoms with van der Waals surface area (Å²) >= 11 is 0. The fourth-order valence-corrected chi connectivity index (χ4v) is 1.99. The molecule has 0 radical (unpaired) electrons. The van der Waals surface area contributed by atoms with Gasteiger partial charge < -0.3 is 19.5 Å². The molecule has 1 fully saturated rings. The Morgan fingerprint density at radius 2 is 1.81 bits per heavy atom. The highest BCUT2D eigenvalue weighted by Gasteiger charge is 2.30. The highest BCUT2D eigenvalue weighted by molar-refractivity contribution is 6.06. The Hall–Kier alpha value is -2.28. The smallest absolute Gasteiger partial charge is 0.253 e. The predicted octanol–water partition coefficient (Wildman–Crippen LogP) is 0.467. The fourth-order valence-electron chi connectivity index (χ4n) is 1.99. The average molecular weight is 293 g/mol. The van der Waals surface area contributed by atoms with Crippen LogP contribution in [0, 0.1) is 0 Å². The van der Waals surface area contributed by atoms with Gasteiger partial charge in [-0.25, -0.2) is 0 Å². The van der Waals surface area contributed by atoms with Crippen LogP contribution < -0.4 is 20.1 Å². The van der Waals surface area contributed by atoms with Gasteiger partial charge in [-0.05, 0) is 17.7 Å². The highest BCUT2D eigenvalue weighted by atomic mass is 16.5.